The lowest BCUT2D eigenvalue weighted by Gasteiger charge is -2.16. The van der Waals surface area contributed by atoms with E-state index in [-0.39, 0.29) is 0 Å². The molecule has 0 saturated carbocycles. The number of nitrogens with two attached hydrogens (primary N) is 2. The van der Waals surface area contributed by atoms with E-state index >= 15 is 0 Å². The maximum Gasteiger partial charge on any atom is 0.260 e. The fourth-order valence-corrected chi connectivity index (χ4v) is 3.44. The number of hydrogen-bond acceptors (Lipinski definition) is 4. The number of thiophene rings is 1. The predicted molar refractivity (Wildman–Crippen MR) is 69.2 cm³/mol. The molecule has 1 aliphatic carbocycles. The molecule has 2 heterocycles. The number of primary amides is 1. The highest BCUT2D eigenvalue weighted by Gasteiger charge is 2.21. The highest BCUT2D eigenvalue weighted by atomic mass is 32.1. The van der Waals surface area contributed by atoms with Gasteiger partial charge in [-0.1, -0.05) is 0 Å². The van der Waals surface area contributed by atoms with Crippen LogP contribution in [-0.4, -0.2) is 10.9 Å². The molecule has 0 spiro atoms. The molecule has 5 heteroatoms. The van der Waals surface area contributed by atoms with E-state index in [1.165, 1.54) is 35.3 Å². The summed E-state index contributed by atoms with van der Waals surface area (Å²) in [6.07, 6.45) is 6.37. The average molecular weight is 247 g/mol. The molecule has 4 nitrogen and oxygen atoms in total. The number of pyridine rings is 1. The Morgan fingerprint density at radius 1 is 1.35 bits per heavy atom. The van der Waals surface area contributed by atoms with Crippen molar-refractivity contribution in [2.75, 3.05) is 5.73 Å². The Kier molecular flexibility index (Phi) is 2.29. The predicted octanol–water partition coefficient (Wildman–Crippen LogP) is 1.86. The zero-order valence-electron chi connectivity index (χ0n) is 9.32. The molecule has 2 aromatic rings. The molecule has 0 fully saturated rings. The van der Waals surface area contributed by atoms with Gasteiger partial charge in [0, 0.05) is 11.6 Å². The molecule has 1 amide bonds. The zero-order chi connectivity index (χ0) is 12.0. The van der Waals surface area contributed by atoms with Crippen LogP contribution in [0, 0.1) is 0 Å². The lowest BCUT2D eigenvalue weighted by atomic mass is 9.91. The highest BCUT2D eigenvalue weighted by molar-refractivity contribution is 7.21. The molecule has 1 aliphatic rings. The number of fused-ring (bicyclic) bond motifs is 3. The Morgan fingerprint density at radius 3 is 2.88 bits per heavy atom. The molecular formula is C12H13N3OS. The summed E-state index contributed by atoms with van der Waals surface area (Å²) in [5.41, 5.74) is 14.4. The Morgan fingerprint density at radius 2 is 2.12 bits per heavy atom. The summed E-state index contributed by atoms with van der Waals surface area (Å²) in [7, 11) is 0. The van der Waals surface area contributed by atoms with Gasteiger partial charge < -0.3 is 11.5 Å². The summed E-state index contributed by atoms with van der Waals surface area (Å²) in [6.45, 7) is 0. The number of hydrogen-bond donors (Lipinski definition) is 2. The number of nitrogens with zero attached hydrogens (tertiary/aromatic N) is 1. The van der Waals surface area contributed by atoms with Crippen molar-refractivity contribution in [3.8, 4) is 0 Å². The first kappa shape index (κ1) is 10.5. The van der Waals surface area contributed by atoms with Crippen LogP contribution in [0.4, 0.5) is 5.69 Å². The van der Waals surface area contributed by atoms with Crippen molar-refractivity contribution in [3.63, 3.8) is 0 Å². The molecule has 0 saturated heterocycles. The Labute approximate surface area is 103 Å². The van der Waals surface area contributed by atoms with Crippen molar-refractivity contribution < 1.29 is 4.79 Å². The smallest absolute Gasteiger partial charge is 0.260 e. The monoisotopic (exact) mass is 247 g/mol. The van der Waals surface area contributed by atoms with Gasteiger partial charge in [-0.3, -0.25) is 4.79 Å². The maximum atomic E-state index is 11.3. The minimum absolute atomic E-state index is 0.437. The number of carbonyl (C=O) groups excluding carboxylic acids is 1. The topological polar surface area (TPSA) is 82.0 Å². The van der Waals surface area contributed by atoms with Crippen LogP contribution in [0.1, 0.15) is 33.6 Å². The average Bonchev–Trinajstić information content (AvgIpc) is 2.67. The summed E-state index contributed by atoms with van der Waals surface area (Å²) >= 11 is 1.29. The summed E-state index contributed by atoms with van der Waals surface area (Å²) < 4.78 is 0. The van der Waals surface area contributed by atoms with Gasteiger partial charge in [-0.15, -0.1) is 11.3 Å². The van der Waals surface area contributed by atoms with Crippen molar-refractivity contribution in [2.45, 2.75) is 25.7 Å². The normalized spacial score (nSPS) is 14.8. The van der Waals surface area contributed by atoms with Crippen LogP contribution < -0.4 is 11.5 Å². The largest absolute Gasteiger partial charge is 0.397 e. The molecule has 0 aliphatic heterocycles. The fraction of sp³-hybridized carbons (Fsp3) is 0.333. The van der Waals surface area contributed by atoms with Crippen molar-refractivity contribution in [2.24, 2.45) is 5.73 Å². The third-order valence-corrected chi connectivity index (χ3v) is 4.43. The van der Waals surface area contributed by atoms with Gasteiger partial charge in [0.15, 0.2) is 0 Å². The SMILES string of the molecule is NC(=O)c1sc2ncc3c(c2c1N)CCCC3. The quantitative estimate of drug-likeness (QED) is 0.806. The number of aromatic nitrogens is 1. The second-order valence-corrected chi connectivity index (χ2v) is 5.36. The van der Waals surface area contributed by atoms with E-state index in [4.69, 9.17) is 11.5 Å². The first-order chi connectivity index (χ1) is 8.18. The van der Waals surface area contributed by atoms with Gasteiger partial charge in [0.2, 0.25) is 0 Å². The number of anilines is 1. The minimum atomic E-state index is -0.463. The first-order valence-electron chi connectivity index (χ1n) is 5.67. The highest BCUT2D eigenvalue weighted by Crippen LogP contribution is 2.37. The van der Waals surface area contributed by atoms with Crippen LogP contribution in [-0.2, 0) is 12.8 Å². The molecule has 0 radical (unpaired) electrons. The molecule has 0 aromatic carbocycles. The zero-order valence-corrected chi connectivity index (χ0v) is 10.1. The van der Waals surface area contributed by atoms with Gasteiger partial charge in [0.25, 0.3) is 5.91 Å². The summed E-state index contributed by atoms with van der Waals surface area (Å²) in [6, 6.07) is 0. The molecule has 4 N–H and O–H groups in total. The van der Waals surface area contributed by atoms with Gasteiger partial charge in [-0.05, 0) is 36.8 Å². The summed E-state index contributed by atoms with van der Waals surface area (Å²) in [5.74, 6) is -0.463. The molecule has 17 heavy (non-hydrogen) atoms. The fourth-order valence-electron chi connectivity index (χ4n) is 2.49. The minimum Gasteiger partial charge on any atom is -0.397 e. The molecule has 3 rings (SSSR count). The second-order valence-electron chi connectivity index (χ2n) is 4.36. The Hall–Kier alpha value is -1.62. The molecule has 88 valence electrons. The van der Waals surface area contributed by atoms with Crippen LogP contribution in [0.25, 0.3) is 10.2 Å². The van der Waals surface area contributed by atoms with Gasteiger partial charge in [-0.25, -0.2) is 4.98 Å². The first-order valence-corrected chi connectivity index (χ1v) is 6.48. The number of aryl methyl sites for hydroxylation is 2. The van der Waals surface area contributed by atoms with Gasteiger partial charge in [0.1, 0.15) is 9.71 Å². The molecular weight excluding hydrogens is 234 g/mol. The second kappa shape index (κ2) is 3.70. The van der Waals surface area contributed by atoms with E-state index in [0.29, 0.717) is 10.6 Å². The lowest BCUT2D eigenvalue weighted by molar-refractivity contribution is 0.100. The molecule has 0 unspecified atom stereocenters. The molecule has 0 bridgehead atoms. The number of amides is 1. The van der Waals surface area contributed by atoms with Crippen LogP contribution in [0.2, 0.25) is 0 Å². The third kappa shape index (κ3) is 1.50. The van der Waals surface area contributed by atoms with E-state index in [9.17, 15) is 4.79 Å². The van der Waals surface area contributed by atoms with Gasteiger partial charge in [0.05, 0.1) is 5.69 Å². The van der Waals surface area contributed by atoms with Gasteiger partial charge >= 0.3 is 0 Å². The number of nitrogen functional groups attached to an aromatic ring is 1. The van der Waals surface area contributed by atoms with Gasteiger partial charge in [-0.2, -0.15) is 0 Å². The van der Waals surface area contributed by atoms with Crippen LogP contribution in [0.3, 0.4) is 0 Å². The molecule has 2 aromatic heterocycles. The number of carbonyl (C=O) groups is 1. The van der Waals surface area contributed by atoms with Crippen molar-refractivity contribution in [1.29, 1.82) is 0 Å². The van der Waals surface area contributed by atoms with E-state index in [0.717, 1.165) is 23.1 Å². The molecule has 0 atom stereocenters. The maximum absolute atomic E-state index is 11.3. The van der Waals surface area contributed by atoms with E-state index in [1.54, 1.807) is 0 Å². The standard InChI is InChI=1S/C12H13N3OS/c13-9-8-7-4-2-1-3-6(7)5-15-12(8)17-10(9)11(14)16/h5H,1-4,13H2,(H2,14,16). The Balaban J connectivity index is 2.34. The van der Waals surface area contributed by atoms with E-state index in [1.807, 2.05) is 6.20 Å². The van der Waals surface area contributed by atoms with Crippen molar-refractivity contribution >= 4 is 33.1 Å². The van der Waals surface area contributed by atoms with Crippen LogP contribution in [0.15, 0.2) is 6.20 Å². The van der Waals surface area contributed by atoms with Crippen LogP contribution in [0.5, 0.6) is 0 Å². The third-order valence-electron chi connectivity index (χ3n) is 3.30. The summed E-state index contributed by atoms with van der Waals surface area (Å²) in [4.78, 5) is 16.9. The van der Waals surface area contributed by atoms with E-state index < -0.39 is 5.91 Å². The van der Waals surface area contributed by atoms with Crippen LogP contribution >= 0.6 is 11.3 Å². The number of rotatable bonds is 1. The van der Waals surface area contributed by atoms with Crippen molar-refractivity contribution in [3.05, 3.63) is 22.2 Å². The Bertz CT molecular complexity index is 618. The van der Waals surface area contributed by atoms with E-state index in [2.05, 4.69) is 4.98 Å². The summed E-state index contributed by atoms with van der Waals surface area (Å²) in [5, 5.41) is 0.959. The lowest BCUT2D eigenvalue weighted by Crippen LogP contribution is -2.11. The van der Waals surface area contributed by atoms with Crippen molar-refractivity contribution in [1.82, 2.24) is 4.98 Å².